The molecule has 0 spiro atoms. The minimum Gasteiger partial charge on any atom is -0.456 e. The number of para-hydroxylation sites is 1. The smallest absolute Gasteiger partial charge is 0.264 e. The number of benzene rings is 4. The molecule has 5 nitrogen and oxygen atoms in total. The predicted octanol–water partition coefficient (Wildman–Crippen LogP) is 7.45. The van der Waals surface area contributed by atoms with Crippen molar-refractivity contribution in [2.24, 2.45) is 0 Å². The molecule has 1 atom stereocenters. The number of rotatable bonds is 4. The number of furan rings is 1. The quantitative estimate of drug-likeness (QED) is 0.240. The topological polar surface area (TPSA) is 59.8 Å². The van der Waals surface area contributed by atoms with Crippen molar-refractivity contribution in [3.05, 3.63) is 137 Å². The zero-order chi connectivity index (χ0) is 27.0. The minimum atomic E-state index is -3.95. The fourth-order valence-electron chi connectivity index (χ4n) is 4.98. The van der Waals surface area contributed by atoms with Gasteiger partial charge in [-0.25, -0.2) is 8.42 Å². The van der Waals surface area contributed by atoms with E-state index in [2.05, 4.69) is 0 Å². The van der Waals surface area contributed by atoms with Crippen LogP contribution in [0.3, 0.4) is 0 Å². The Kier molecular flexibility index (Phi) is 6.59. The van der Waals surface area contributed by atoms with Gasteiger partial charge in [0, 0.05) is 5.39 Å². The lowest BCUT2D eigenvalue weighted by molar-refractivity contribution is 0.0931. The Morgan fingerprint density at radius 3 is 2.13 bits per heavy atom. The summed E-state index contributed by atoms with van der Waals surface area (Å²) in [5.41, 5.74) is 6.01. The second-order valence-electron chi connectivity index (χ2n) is 9.86. The molecule has 0 aliphatic carbocycles. The Labute approximate surface area is 229 Å². The molecule has 6 rings (SSSR count). The summed E-state index contributed by atoms with van der Waals surface area (Å²) in [4.78, 5) is 0.228. The largest absolute Gasteiger partial charge is 0.456 e. The second-order valence-corrected chi connectivity index (χ2v) is 11.7. The van der Waals surface area contributed by atoms with Crippen molar-refractivity contribution in [2.75, 3.05) is 17.5 Å². The molecule has 0 saturated heterocycles. The van der Waals surface area contributed by atoms with E-state index < -0.39 is 16.1 Å². The molecule has 1 aromatic heterocycles. The van der Waals surface area contributed by atoms with Gasteiger partial charge in [0.2, 0.25) is 0 Å². The first-order chi connectivity index (χ1) is 18.9. The maximum Gasteiger partial charge on any atom is 0.264 e. The normalized spacial score (nSPS) is 17.5. The predicted molar refractivity (Wildman–Crippen MR) is 155 cm³/mol. The maximum atomic E-state index is 14.3. The average Bonchev–Trinajstić information content (AvgIpc) is 3.35. The lowest BCUT2D eigenvalue weighted by atomic mass is 10.0. The molecule has 0 radical (unpaired) electrons. The van der Waals surface area contributed by atoms with Crippen molar-refractivity contribution in [1.82, 2.24) is 0 Å². The Balaban J connectivity index is 1.61. The van der Waals surface area contributed by atoms with E-state index in [1.807, 2.05) is 111 Å². The first-order valence-electron chi connectivity index (χ1n) is 13.0. The number of fused-ring (bicyclic) bond motifs is 3. The van der Waals surface area contributed by atoms with Gasteiger partial charge in [0.1, 0.15) is 17.4 Å². The van der Waals surface area contributed by atoms with Gasteiger partial charge < -0.3 is 9.15 Å². The van der Waals surface area contributed by atoms with E-state index in [9.17, 15) is 8.42 Å². The summed E-state index contributed by atoms with van der Waals surface area (Å²) < 4.78 is 43.2. The van der Waals surface area contributed by atoms with E-state index in [4.69, 9.17) is 9.15 Å². The van der Waals surface area contributed by atoms with Gasteiger partial charge in [-0.05, 0) is 54.8 Å². The number of ether oxygens (including phenoxy) is 1. The Morgan fingerprint density at radius 2 is 1.41 bits per heavy atom. The van der Waals surface area contributed by atoms with E-state index in [0.717, 1.165) is 33.2 Å². The van der Waals surface area contributed by atoms with E-state index in [1.165, 1.54) is 4.31 Å². The van der Waals surface area contributed by atoms with Crippen LogP contribution in [-0.2, 0) is 14.8 Å². The first-order valence-corrected chi connectivity index (χ1v) is 14.4. The third kappa shape index (κ3) is 4.78. The van der Waals surface area contributed by atoms with Crippen LogP contribution in [0, 0.1) is 13.8 Å². The number of sulfonamides is 1. The molecule has 6 heteroatoms. The molecule has 1 unspecified atom stereocenters. The molecule has 1 aliphatic rings. The molecular weight excluding hydrogens is 506 g/mol. The van der Waals surface area contributed by atoms with Gasteiger partial charge in [0.15, 0.2) is 5.76 Å². The van der Waals surface area contributed by atoms with Crippen LogP contribution in [0.2, 0.25) is 0 Å². The third-order valence-corrected chi connectivity index (χ3v) is 8.91. The van der Waals surface area contributed by atoms with Gasteiger partial charge in [0.25, 0.3) is 10.0 Å². The monoisotopic (exact) mass is 535 g/mol. The zero-order valence-electron chi connectivity index (χ0n) is 21.9. The Bertz CT molecular complexity index is 1750. The van der Waals surface area contributed by atoms with Gasteiger partial charge in [-0.1, -0.05) is 96.1 Å². The lowest BCUT2D eigenvalue weighted by Crippen LogP contribution is -2.32. The van der Waals surface area contributed by atoms with Crippen molar-refractivity contribution in [2.45, 2.75) is 24.8 Å². The van der Waals surface area contributed by atoms with E-state index in [-0.39, 0.29) is 18.0 Å². The minimum absolute atomic E-state index is 0.126. The van der Waals surface area contributed by atoms with Crippen molar-refractivity contribution in [1.29, 1.82) is 0 Å². The fraction of sp³-hybridized carbons (Fsp3) is 0.152. The Morgan fingerprint density at radius 1 is 0.769 bits per heavy atom. The standard InChI is InChI=1S/C33H29NO4S/c1-23-12-16-26(17-13-23)32-33-31(29-10-6-7-11-30(29)38-33)34(39(35,36)28-18-14-24(2)15-19-28)21-20-27(22-37-32)25-8-4-3-5-9-25/h3-20,32H,21-22H2,1-2H3/b27-20+. The van der Waals surface area contributed by atoms with Crippen LogP contribution >= 0.6 is 0 Å². The second kappa shape index (κ2) is 10.2. The van der Waals surface area contributed by atoms with Gasteiger partial charge in [-0.15, -0.1) is 0 Å². The average molecular weight is 536 g/mol. The third-order valence-electron chi connectivity index (χ3n) is 7.13. The molecule has 1 aliphatic heterocycles. The summed E-state index contributed by atoms with van der Waals surface area (Å²) in [6, 6.07) is 32.5. The zero-order valence-corrected chi connectivity index (χ0v) is 22.7. The highest BCUT2D eigenvalue weighted by atomic mass is 32.2. The summed E-state index contributed by atoms with van der Waals surface area (Å²) in [5, 5.41) is 0.723. The van der Waals surface area contributed by atoms with Crippen LogP contribution in [0.25, 0.3) is 16.5 Å². The molecule has 2 heterocycles. The molecule has 0 fully saturated rings. The molecule has 0 bridgehead atoms. The van der Waals surface area contributed by atoms with Crippen LogP contribution in [0.15, 0.2) is 119 Å². The summed E-state index contributed by atoms with van der Waals surface area (Å²) >= 11 is 0. The number of hydrogen-bond acceptors (Lipinski definition) is 4. The molecule has 5 aromatic rings. The van der Waals surface area contributed by atoms with Crippen molar-refractivity contribution < 1.29 is 17.6 Å². The molecule has 0 saturated carbocycles. The van der Waals surface area contributed by atoms with Gasteiger partial charge in [-0.2, -0.15) is 0 Å². The number of nitrogens with zero attached hydrogens (tertiary/aromatic N) is 1. The molecule has 0 amide bonds. The van der Waals surface area contributed by atoms with Crippen LogP contribution in [0.1, 0.15) is 34.1 Å². The van der Waals surface area contributed by atoms with Crippen molar-refractivity contribution >= 4 is 32.3 Å². The van der Waals surface area contributed by atoms with E-state index >= 15 is 0 Å². The molecule has 0 N–H and O–H groups in total. The highest BCUT2D eigenvalue weighted by Gasteiger charge is 2.35. The summed E-state index contributed by atoms with van der Waals surface area (Å²) in [5.74, 6) is 0.471. The summed E-state index contributed by atoms with van der Waals surface area (Å²) in [6.45, 7) is 4.39. The lowest BCUT2D eigenvalue weighted by Gasteiger charge is -2.25. The Hall–Kier alpha value is -4.13. The summed E-state index contributed by atoms with van der Waals surface area (Å²) in [7, 11) is -3.95. The summed E-state index contributed by atoms with van der Waals surface area (Å²) in [6.07, 6.45) is 1.33. The van der Waals surface area contributed by atoms with Crippen molar-refractivity contribution in [3.63, 3.8) is 0 Å². The van der Waals surface area contributed by atoms with E-state index in [1.54, 1.807) is 12.1 Å². The van der Waals surface area contributed by atoms with Crippen LogP contribution in [-0.4, -0.2) is 21.6 Å². The van der Waals surface area contributed by atoms with E-state index in [0.29, 0.717) is 17.0 Å². The fourth-order valence-corrected chi connectivity index (χ4v) is 6.41. The molecule has 196 valence electrons. The number of aryl methyl sites for hydroxylation is 2. The SMILES string of the molecule is Cc1ccc(C2OC/C(c3ccccc3)=C\CN(S(=O)(=O)c3ccc(C)cc3)c3c2oc2ccccc32)cc1. The highest BCUT2D eigenvalue weighted by Crippen LogP contribution is 2.44. The van der Waals surface area contributed by atoms with Gasteiger partial charge in [-0.3, -0.25) is 4.31 Å². The van der Waals surface area contributed by atoms with Gasteiger partial charge in [0.05, 0.1) is 18.0 Å². The molecule has 4 aromatic carbocycles. The van der Waals surface area contributed by atoms with Crippen molar-refractivity contribution in [3.8, 4) is 0 Å². The molecular formula is C33H29NO4S. The van der Waals surface area contributed by atoms with Crippen LogP contribution in [0.5, 0.6) is 0 Å². The number of hydrogen-bond donors (Lipinski definition) is 0. The number of anilines is 1. The maximum absolute atomic E-state index is 14.3. The molecule has 39 heavy (non-hydrogen) atoms. The first kappa shape index (κ1) is 25.2. The van der Waals surface area contributed by atoms with Crippen LogP contribution in [0.4, 0.5) is 5.69 Å². The van der Waals surface area contributed by atoms with Gasteiger partial charge >= 0.3 is 0 Å². The van der Waals surface area contributed by atoms with Crippen LogP contribution < -0.4 is 4.31 Å². The highest BCUT2D eigenvalue weighted by molar-refractivity contribution is 7.92.